The van der Waals surface area contributed by atoms with Gasteiger partial charge in [0.05, 0.1) is 0 Å². The standard InChI is InChI=1S/C11H22/c1-5-6-11-9(3)7-8(2)10(11)4/h8-11H,5-7H2,1-4H3/t8?,9?,10-,11+/m1/s1. The average molecular weight is 154 g/mol. The van der Waals surface area contributed by atoms with E-state index in [9.17, 15) is 0 Å². The molecule has 11 heavy (non-hydrogen) atoms. The second-order valence-electron chi connectivity index (χ2n) is 4.50. The molecule has 1 rings (SSSR count). The molecule has 0 aromatic heterocycles. The van der Waals surface area contributed by atoms with Gasteiger partial charge in [-0.25, -0.2) is 0 Å². The third kappa shape index (κ3) is 1.77. The van der Waals surface area contributed by atoms with E-state index in [1.54, 1.807) is 0 Å². The summed E-state index contributed by atoms with van der Waals surface area (Å²) in [6.07, 6.45) is 4.28. The molecule has 1 aliphatic rings. The van der Waals surface area contributed by atoms with E-state index in [2.05, 4.69) is 27.7 Å². The summed E-state index contributed by atoms with van der Waals surface area (Å²) in [5.74, 6) is 3.96. The highest BCUT2D eigenvalue weighted by Gasteiger charge is 2.34. The van der Waals surface area contributed by atoms with Crippen molar-refractivity contribution in [1.82, 2.24) is 0 Å². The van der Waals surface area contributed by atoms with Crippen molar-refractivity contribution in [3.8, 4) is 0 Å². The molecule has 0 nitrogen and oxygen atoms in total. The second-order valence-corrected chi connectivity index (χ2v) is 4.50. The van der Waals surface area contributed by atoms with Crippen molar-refractivity contribution in [3.05, 3.63) is 0 Å². The topological polar surface area (TPSA) is 0 Å². The Morgan fingerprint density at radius 1 is 1.09 bits per heavy atom. The first-order chi connectivity index (χ1) is 5.16. The molecule has 0 aliphatic heterocycles. The van der Waals surface area contributed by atoms with Crippen molar-refractivity contribution >= 4 is 0 Å². The van der Waals surface area contributed by atoms with Crippen LogP contribution in [0.2, 0.25) is 0 Å². The van der Waals surface area contributed by atoms with Crippen LogP contribution in [0.5, 0.6) is 0 Å². The molecule has 0 bridgehead atoms. The highest BCUT2D eigenvalue weighted by Crippen LogP contribution is 2.42. The van der Waals surface area contributed by atoms with Crippen LogP contribution in [0.3, 0.4) is 0 Å². The third-order valence-electron chi connectivity index (χ3n) is 3.67. The molecular weight excluding hydrogens is 132 g/mol. The zero-order valence-electron chi connectivity index (χ0n) is 8.43. The molecule has 0 radical (unpaired) electrons. The van der Waals surface area contributed by atoms with E-state index in [0.717, 1.165) is 23.7 Å². The Morgan fingerprint density at radius 3 is 2.09 bits per heavy atom. The summed E-state index contributed by atoms with van der Waals surface area (Å²) in [5, 5.41) is 0. The van der Waals surface area contributed by atoms with Gasteiger partial charge in [0.1, 0.15) is 0 Å². The summed E-state index contributed by atoms with van der Waals surface area (Å²) in [6, 6.07) is 0. The van der Waals surface area contributed by atoms with Crippen molar-refractivity contribution in [1.29, 1.82) is 0 Å². The molecule has 0 heteroatoms. The fourth-order valence-electron chi connectivity index (χ4n) is 2.80. The van der Waals surface area contributed by atoms with E-state index in [0.29, 0.717) is 0 Å². The molecule has 66 valence electrons. The van der Waals surface area contributed by atoms with Crippen molar-refractivity contribution in [2.24, 2.45) is 23.7 Å². The molecular formula is C11H22. The lowest BCUT2D eigenvalue weighted by Gasteiger charge is -2.19. The molecule has 1 saturated carbocycles. The minimum absolute atomic E-state index is 0.974. The Labute approximate surface area is 71.4 Å². The van der Waals surface area contributed by atoms with Crippen LogP contribution < -0.4 is 0 Å². The van der Waals surface area contributed by atoms with Crippen LogP contribution in [0, 0.1) is 23.7 Å². The van der Waals surface area contributed by atoms with Gasteiger partial charge in [-0.05, 0) is 30.1 Å². The van der Waals surface area contributed by atoms with E-state index >= 15 is 0 Å². The molecule has 0 spiro atoms. The van der Waals surface area contributed by atoms with Crippen molar-refractivity contribution in [2.75, 3.05) is 0 Å². The van der Waals surface area contributed by atoms with E-state index in [4.69, 9.17) is 0 Å². The summed E-state index contributed by atoms with van der Waals surface area (Å²) in [6.45, 7) is 9.59. The first-order valence-electron chi connectivity index (χ1n) is 5.16. The van der Waals surface area contributed by atoms with Gasteiger partial charge >= 0.3 is 0 Å². The minimum Gasteiger partial charge on any atom is -0.0654 e. The van der Waals surface area contributed by atoms with Gasteiger partial charge in [-0.15, -0.1) is 0 Å². The van der Waals surface area contributed by atoms with Crippen LogP contribution >= 0.6 is 0 Å². The highest BCUT2D eigenvalue weighted by molar-refractivity contribution is 4.84. The smallest absolute Gasteiger partial charge is 0.0360 e. The lowest BCUT2D eigenvalue weighted by molar-refractivity contribution is 0.301. The Hall–Kier alpha value is 0. The van der Waals surface area contributed by atoms with Crippen molar-refractivity contribution < 1.29 is 0 Å². The van der Waals surface area contributed by atoms with Gasteiger partial charge in [0.25, 0.3) is 0 Å². The van der Waals surface area contributed by atoms with Crippen LogP contribution in [0.25, 0.3) is 0 Å². The molecule has 0 N–H and O–H groups in total. The molecule has 0 saturated heterocycles. The fraction of sp³-hybridized carbons (Fsp3) is 1.00. The van der Waals surface area contributed by atoms with Crippen molar-refractivity contribution in [2.45, 2.75) is 47.0 Å². The zero-order chi connectivity index (χ0) is 8.43. The van der Waals surface area contributed by atoms with E-state index in [1.807, 2.05) is 0 Å². The monoisotopic (exact) mass is 154 g/mol. The van der Waals surface area contributed by atoms with E-state index in [1.165, 1.54) is 19.3 Å². The zero-order valence-corrected chi connectivity index (χ0v) is 8.43. The molecule has 2 unspecified atom stereocenters. The van der Waals surface area contributed by atoms with Gasteiger partial charge in [0.15, 0.2) is 0 Å². The van der Waals surface area contributed by atoms with Crippen molar-refractivity contribution in [3.63, 3.8) is 0 Å². The minimum atomic E-state index is 0.974. The lowest BCUT2D eigenvalue weighted by atomic mass is 9.86. The Balaban J connectivity index is 2.49. The predicted molar refractivity (Wildman–Crippen MR) is 50.5 cm³/mol. The van der Waals surface area contributed by atoms with Crippen LogP contribution in [-0.4, -0.2) is 0 Å². The molecule has 4 atom stereocenters. The summed E-state index contributed by atoms with van der Waals surface area (Å²) < 4.78 is 0. The Morgan fingerprint density at radius 2 is 1.73 bits per heavy atom. The maximum atomic E-state index is 2.44. The van der Waals surface area contributed by atoms with Crippen LogP contribution in [0.4, 0.5) is 0 Å². The number of hydrogen-bond acceptors (Lipinski definition) is 0. The summed E-state index contributed by atoms with van der Waals surface area (Å²) in [4.78, 5) is 0. The normalized spacial score (nSPS) is 44.7. The average Bonchev–Trinajstić information content (AvgIpc) is 2.17. The van der Waals surface area contributed by atoms with Crippen LogP contribution in [-0.2, 0) is 0 Å². The first-order valence-corrected chi connectivity index (χ1v) is 5.16. The van der Waals surface area contributed by atoms with E-state index < -0.39 is 0 Å². The molecule has 1 aliphatic carbocycles. The maximum Gasteiger partial charge on any atom is -0.0360 e. The highest BCUT2D eigenvalue weighted by atomic mass is 14.4. The van der Waals surface area contributed by atoms with Crippen LogP contribution in [0.1, 0.15) is 47.0 Å². The molecule has 0 heterocycles. The lowest BCUT2D eigenvalue weighted by Crippen LogP contribution is -2.11. The van der Waals surface area contributed by atoms with Gasteiger partial charge in [-0.2, -0.15) is 0 Å². The van der Waals surface area contributed by atoms with Crippen LogP contribution in [0.15, 0.2) is 0 Å². The predicted octanol–water partition coefficient (Wildman–Crippen LogP) is 3.71. The molecule has 1 fully saturated rings. The number of rotatable bonds is 2. The van der Waals surface area contributed by atoms with Gasteiger partial charge in [0.2, 0.25) is 0 Å². The fourth-order valence-corrected chi connectivity index (χ4v) is 2.80. The molecule has 0 amide bonds. The quantitative estimate of drug-likeness (QED) is 0.568. The first kappa shape index (κ1) is 9.09. The SMILES string of the molecule is CCC[C@H]1C(C)CC(C)[C@H]1C. The van der Waals surface area contributed by atoms with Gasteiger partial charge in [-0.3, -0.25) is 0 Å². The van der Waals surface area contributed by atoms with Gasteiger partial charge in [-0.1, -0.05) is 40.5 Å². The van der Waals surface area contributed by atoms with Gasteiger partial charge < -0.3 is 0 Å². The summed E-state index contributed by atoms with van der Waals surface area (Å²) in [5.41, 5.74) is 0. The van der Waals surface area contributed by atoms with E-state index in [-0.39, 0.29) is 0 Å². The van der Waals surface area contributed by atoms with Gasteiger partial charge in [0, 0.05) is 0 Å². The Kier molecular flexibility index (Phi) is 2.98. The Bertz CT molecular complexity index is 117. The third-order valence-corrected chi connectivity index (χ3v) is 3.67. The maximum absolute atomic E-state index is 2.44. The second kappa shape index (κ2) is 3.60. The summed E-state index contributed by atoms with van der Waals surface area (Å²) >= 11 is 0. The summed E-state index contributed by atoms with van der Waals surface area (Å²) in [7, 11) is 0. The molecule has 0 aromatic rings. The largest absolute Gasteiger partial charge is 0.0654 e. The molecule has 0 aromatic carbocycles. The number of hydrogen-bond donors (Lipinski definition) is 0.